The summed E-state index contributed by atoms with van der Waals surface area (Å²) in [5.41, 5.74) is 22.7. The zero-order valence-corrected chi connectivity index (χ0v) is 35.8. The first-order valence-electron chi connectivity index (χ1n) is 22.1. The molecule has 64 heavy (non-hydrogen) atoms. The summed E-state index contributed by atoms with van der Waals surface area (Å²) in [5, 5.41) is 9.54. The molecule has 0 spiro atoms. The number of hydrogen-bond acceptors (Lipinski definition) is 2. The zero-order valence-electron chi connectivity index (χ0n) is 35.8. The highest BCUT2D eigenvalue weighted by atomic mass is 16.3. The maximum atomic E-state index is 6.82. The number of para-hydroxylation sites is 1. The Hall–Kier alpha value is -8.01. The predicted octanol–water partition coefficient (Wildman–Crippen LogP) is 15.7. The summed E-state index contributed by atoms with van der Waals surface area (Å²) in [5.74, 6) is 0.473. The van der Waals surface area contributed by atoms with Gasteiger partial charge < -0.3 is 10.2 Å². The lowest BCUT2D eigenvalue weighted by molar-refractivity contribution is 0.661. The van der Waals surface area contributed by atoms with E-state index in [1.165, 1.54) is 71.6 Å². The molecule has 12 rings (SSSR count). The molecule has 10 aromatic carbocycles. The number of nitrogens with two attached hydrogens (primary N) is 1. The Kier molecular flexibility index (Phi) is 8.74. The van der Waals surface area contributed by atoms with E-state index in [1.54, 1.807) is 0 Å². The van der Waals surface area contributed by atoms with Gasteiger partial charge in [-0.15, -0.1) is 0 Å². The topological polar surface area (TPSA) is 51.5 Å². The first kappa shape index (κ1) is 37.7. The van der Waals surface area contributed by atoms with Crippen molar-refractivity contribution < 1.29 is 4.42 Å². The molecule has 0 fully saturated rings. The van der Waals surface area contributed by atoms with Crippen LogP contribution in [0.1, 0.15) is 41.7 Å². The lowest BCUT2D eigenvalue weighted by Crippen LogP contribution is -2.15. The summed E-state index contributed by atoms with van der Waals surface area (Å²) in [6.07, 6.45) is 2.86. The molecule has 0 radical (unpaired) electrons. The molecule has 1 heterocycles. The molecule has 3 nitrogen and oxygen atoms in total. The van der Waals surface area contributed by atoms with E-state index >= 15 is 0 Å². The van der Waals surface area contributed by atoms with Crippen LogP contribution in [-0.2, 0) is 11.8 Å². The van der Waals surface area contributed by atoms with Gasteiger partial charge in [-0.05, 0) is 119 Å². The molecule has 304 valence electrons. The van der Waals surface area contributed by atoms with E-state index in [9.17, 15) is 0 Å². The monoisotopic (exact) mass is 820 g/mol. The number of benzene rings is 10. The van der Waals surface area contributed by atoms with Gasteiger partial charge in [0.05, 0.1) is 5.70 Å². The molecule has 0 atom stereocenters. The van der Waals surface area contributed by atoms with Crippen molar-refractivity contribution >= 4 is 65.8 Å². The minimum absolute atomic E-state index is 0.120. The Morgan fingerprint density at radius 1 is 0.500 bits per heavy atom. The Morgan fingerprint density at radius 3 is 1.86 bits per heavy atom. The summed E-state index contributed by atoms with van der Waals surface area (Å²) in [6.45, 7) is 4.74. The molecule has 1 aliphatic rings. The number of fused-ring (bicyclic) bond motifs is 9. The molecule has 1 aliphatic carbocycles. The Bertz CT molecular complexity index is 3740. The van der Waals surface area contributed by atoms with Crippen LogP contribution < -0.4 is 5.73 Å². The molecular weight excluding hydrogens is 777 g/mol. The number of aliphatic imine (C=N–C) groups is 1. The van der Waals surface area contributed by atoms with Gasteiger partial charge in [0.25, 0.3) is 0 Å². The van der Waals surface area contributed by atoms with E-state index in [-0.39, 0.29) is 5.41 Å². The summed E-state index contributed by atoms with van der Waals surface area (Å²) in [4.78, 5) is 5.20. The summed E-state index contributed by atoms with van der Waals surface area (Å²) in [7, 11) is 0. The van der Waals surface area contributed by atoms with Crippen molar-refractivity contribution in [2.75, 3.05) is 0 Å². The highest BCUT2D eigenvalue weighted by Gasteiger charge is 2.36. The molecule has 0 bridgehead atoms. The highest BCUT2D eigenvalue weighted by Crippen LogP contribution is 2.51. The van der Waals surface area contributed by atoms with Gasteiger partial charge in [0.2, 0.25) is 0 Å². The van der Waals surface area contributed by atoms with Crippen LogP contribution in [0.25, 0.3) is 93.3 Å². The average Bonchev–Trinajstić information content (AvgIpc) is 3.83. The van der Waals surface area contributed by atoms with Crippen molar-refractivity contribution in [1.29, 1.82) is 0 Å². The van der Waals surface area contributed by atoms with Crippen LogP contribution in [0.5, 0.6) is 0 Å². The van der Waals surface area contributed by atoms with Crippen LogP contribution in [0.15, 0.2) is 216 Å². The van der Waals surface area contributed by atoms with E-state index in [0.717, 1.165) is 49.5 Å². The average molecular weight is 821 g/mol. The second kappa shape index (κ2) is 14.8. The fraction of sp³-hybridized carbons (Fsp3) is 0.0656. The quantitative estimate of drug-likeness (QED) is 0.129. The van der Waals surface area contributed by atoms with Crippen molar-refractivity contribution in [2.45, 2.75) is 25.7 Å². The SMILES string of the molecule is CC1(C)c2cc(-c3ccc(-c4ccc(/C(=C/Cc5cccc6oc7ccccc7c56)N=C(N)c5ccccc5)c5ccccc45)c4ccccc34)ccc2-c2cc3ccccc3cc21. The Labute approximate surface area is 372 Å². The molecule has 3 heteroatoms. The van der Waals surface area contributed by atoms with Crippen LogP contribution >= 0.6 is 0 Å². The number of rotatable bonds is 7. The lowest BCUT2D eigenvalue weighted by atomic mass is 9.80. The molecule has 0 amide bonds. The van der Waals surface area contributed by atoms with Crippen molar-refractivity contribution in [1.82, 2.24) is 0 Å². The summed E-state index contributed by atoms with van der Waals surface area (Å²) < 4.78 is 6.26. The van der Waals surface area contributed by atoms with Gasteiger partial charge in [-0.3, -0.25) is 0 Å². The van der Waals surface area contributed by atoms with Gasteiger partial charge in [-0.1, -0.05) is 190 Å². The van der Waals surface area contributed by atoms with Crippen LogP contribution in [0, 0.1) is 0 Å². The normalized spacial score (nSPS) is 13.6. The van der Waals surface area contributed by atoms with Gasteiger partial charge in [-0.25, -0.2) is 4.99 Å². The molecule has 0 aliphatic heterocycles. The second-order valence-corrected chi connectivity index (χ2v) is 17.6. The predicted molar refractivity (Wildman–Crippen MR) is 270 cm³/mol. The van der Waals surface area contributed by atoms with Crippen molar-refractivity contribution in [3.05, 3.63) is 234 Å². The number of nitrogens with zero attached hydrogens (tertiary/aromatic N) is 1. The third-order valence-corrected chi connectivity index (χ3v) is 13.6. The van der Waals surface area contributed by atoms with Crippen LogP contribution in [0.2, 0.25) is 0 Å². The molecular formula is C61H44N2O. The van der Waals surface area contributed by atoms with Crippen LogP contribution in [0.3, 0.4) is 0 Å². The standard InChI is InChI=1S/C61H44N2O/c1-61(2)54-37-42(27-29-50(54)53-35-40-17-6-7-18-41(40)36-55(53)61)43-30-31-48(45-21-9-8-20-44(43)45)49-32-33-51(47-23-11-10-22-46(47)49)56(63-60(62)39-15-4-3-5-16-39)34-28-38-19-14-26-58-59(38)52-24-12-13-25-57(52)64-58/h3-27,29-37H,28H2,1-2H3,(H2,62,63)/b56-34-. The summed E-state index contributed by atoms with van der Waals surface area (Å²) >= 11 is 0. The minimum atomic E-state index is -0.120. The number of allylic oxidation sites excluding steroid dienone is 1. The minimum Gasteiger partial charge on any atom is -0.456 e. The lowest BCUT2D eigenvalue weighted by Gasteiger charge is -2.22. The van der Waals surface area contributed by atoms with E-state index in [0.29, 0.717) is 12.3 Å². The van der Waals surface area contributed by atoms with Crippen molar-refractivity contribution in [2.24, 2.45) is 10.7 Å². The zero-order chi connectivity index (χ0) is 42.9. The van der Waals surface area contributed by atoms with Crippen molar-refractivity contribution in [3.63, 3.8) is 0 Å². The van der Waals surface area contributed by atoms with Gasteiger partial charge in [0.15, 0.2) is 0 Å². The highest BCUT2D eigenvalue weighted by molar-refractivity contribution is 6.12. The fourth-order valence-corrected chi connectivity index (χ4v) is 10.4. The number of furan rings is 1. The molecule has 1 aromatic heterocycles. The molecule has 11 aromatic rings. The van der Waals surface area contributed by atoms with Crippen LogP contribution in [-0.4, -0.2) is 5.84 Å². The fourth-order valence-electron chi connectivity index (χ4n) is 10.4. The van der Waals surface area contributed by atoms with E-state index in [2.05, 4.69) is 172 Å². The molecule has 0 unspecified atom stereocenters. The molecule has 2 N–H and O–H groups in total. The maximum Gasteiger partial charge on any atom is 0.135 e. The molecule has 0 saturated carbocycles. The van der Waals surface area contributed by atoms with Gasteiger partial charge in [0.1, 0.15) is 17.0 Å². The first-order valence-corrected chi connectivity index (χ1v) is 22.1. The van der Waals surface area contributed by atoms with E-state index < -0.39 is 0 Å². The van der Waals surface area contributed by atoms with Gasteiger partial charge >= 0.3 is 0 Å². The van der Waals surface area contributed by atoms with E-state index in [4.69, 9.17) is 15.1 Å². The van der Waals surface area contributed by atoms with Crippen LogP contribution in [0.4, 0.5) is 0 Å². The largest absolute Gasteiger partial charge is 0.456 e. The third kappa shape index (κ3) is 6.07. The Morgan fingerprint density at radius 2 is 1.08 bits per heavy atom. The van der Waals surface area contributed by atoms with Gasteiger partial charge in [-0.2, -0.15) is 0 Å². The maximum absolute atomic E-state index is 6.82. The summed E-state index contributed by atoms with van der Waals surface area (Å²) in [6, 6.07) is 71.8. The molecule has 0 saturated heterocycles. The Balaban J connectivity index is 0.978. The number of amidine groups is 1. The van der Waals surface area contributed by atoms with Gasteiger partial charge in [0, 0.05) is 27.3 Å². The number of hydrogen-bond donors (Lipinski definition) is 1. The smallest absolute Gasteiger partial charge is 0.135 e. The second-order valence-electron chi connectivity index (χ2n) is 17.6. The van der Waals surface area contributed by atoms with E-state index in [1.807, 2.05) is 48.5 Å². The third-order valence-electron chi connectivity index (χ3n) is 13.6. The first-order chi connectivity index (χ1) is 31.4. The van der Waals surface area contributed by atoms with Crippen molar-refractivity contribution in [3.8, 4) is 33.4 Å².